The second-order valence-corrected chi connectivity index (χ2v) is 44.4. The van der Waals surface area contributed by atoms with E-state index in [2.05, 4.69) is 50.4 Å². The van der Waals surface area contributed by atoms with E-state index < -0.39 is 155 Å². The molecule has 5 saturated heterocycles. The number of carbonyl (C=O) groups excluding carboxylic acids is 12. The number of halogens is 1. The summed E-state index contributed by atoms with van der Waals surface area (Å²) in [5.74, 6) is 8.24. The van der Waals surface area contributed by atoms with E-state index in [1.807, 2.05) is 94.5 Å². The number of thioether (sulfide) groups is 1. The van der Waals surface area contributed by atoms with E-state index in [0.717, 1.165) is 17.3 Å². The lowest BCUT2D eigenvalue weighted by Gasteiger charge is -2.46. The number of nitrogens with two attached hydrogens (primary N) is 1. The molecule has 5 aliphatic heterocycles. The fourth-order valence-corrected chi connectivity index (χ4v) is 22.6. The molecule has 18 unspecified atom stereocenters. The average molecular weight is 2150 g/mol. The number of primary amides is 1. The number of aliphatic hydroxyl groups is 5. The van der Waals surface area contributed by atoms with Crippen LogP contribution in [0.3, 0.4) is 0 Å². The lowest BCUT2D eigenvalue weighted by atomic mass is 9.72. The van der Waals surface area contributed by atoms with Gasteiger partial charge in [0.05, 0.1) is 76.9 Å². The maximum absolute atomic E-state index is 14.6. The van der Waals surface area contributed by atoms with Crippen molar-refractivity contribution < 1.29 is 135 Å². The van der Waals surface area contributed by atoms with Crippen molar-refractivity contribution in [2.75, 3.05) is 51.5 Å². The number of anilines is 1. The van der Waals surface area contributed by atoms with Gasteiger partial charge in [-0.2, -0.15) is 5.48 Å². The summed E-state index contributed by atoms with van der Waals surface area (Å²) < 4.78 is 61.9. The van der Waals surface area contributed by atoms with E-state index in [1.165, 1.54) is 66.7 Å². The SMILES string of the molecule is COc1c(C)c(OC2OC(C)C(O)C(OC)C2O)c(I)c(C)c1C(=O)SC1C(O)CC(ONC2C(C)OC(O[C@H]3C#C/C=C\C#C[C@]4(O)CC(=O)C(CC(C)=O)=C3/C4=C/CSSC(C)(C)CCC(=O)CCCNC(=O)OCc3ccc(NC(=O)[C@H](CCCNC(N)=O)CC(=O)[C@H](Cc4ccccc4)NC(=O)CCCCCN4C(=O)CC(C(C)(C)C)C4=O)cc3)C(OC3CC(C)C(CC(C)=O)CO3)C2O)OC1C. The van der Waals surface area contributed by atoms with Crippen molar-refractivity contribution >= 4 is 131 Å². The van der Waals surface area contributed by atoms with Crippen LogP contribution in [-0.2, 0) is 98.9 Å². The average Bonchev–Trinajstić information content (AvgIpc) is 0.951. The number of hydrogen-bond donors (Lipinski definition) is 11. The lowest BCUT2D eigenvalue weighted by Crippen LogP contribution is -2.64. The van der Waals surface area contributed by atoms with Crippen molar-refractivity contribution in [3.8, 4) is 35.2 Å². The van der Waals surface area contributed by atoms with Crippen LogP contribution < -0.4 is 42.0 Å². The number of nitrogens with one attached hydrogen (secondary N) is 5. The Hall–Kier alpha value is -8.54. The highest BCUT2D eigenvalue weighted by molar-refractivity contribution is 14.1. The molecule has 3 aromatic carbocycles. The highest BCUT2D eigenvalue weighted by atomic mass is 127. The zero-order valence-corrected chi connectivity index (χ0v) is 87.9. The summed E-state index contributed by atoms with van der Waals surface area (Å²) in [6.07, 6.45) is -10.2. The van der Waals surface area contributed by atoms with Crippen LogP contribution in [0.5, 0.6) is 11.5 Å². The first-order valence-electron chi connectivity index (χ1n) is 48.3. The maximum atomic E-state index is 14.6. The minimum absolute atomic E-state index is 0.00895. The van der Waals surface area contributed by atoms with Crippen molar-refractivity contribution in [2.45, 2.75) is 326 Å². The summed E-state index contributed by atoms with van der Waals surface area (Å²) in [6, 6.07) is 12.8. The van der Waals surface area contributed by atoms with Gasteiger partial charge in [-0.15, -0.1) is 0 Å². The lowest BCUT2D eigenvalue weighted by molar-refractivity contribution is -0.335. The summed E-state index contributed by atoms with van der Waals surface area (Å²) in [4.78, 5) is 168. The predicted octanol–water partition coefficient (Wildman–Crippen LogP) is 10.6. The van der Waals surface area contributed by atoms with Crippen LogP contribution in [0.2, 0.25) is 0 Å². The zero-order chi connectivity index (χ0) is 104. The molecule has 39 heteroatoms. The van der Waals surface area contributed by atoms with Crippen LogP contribution in [0.25, 0.3) is 0 Å². The Labute approximate surface area is 855 Å². The number of rotatable bonds is 48. The molecule has 778 valence electrons. The number of methoxy groups -OCH3 is 2. The van der Waals surface area contributed by atoms with Gasteiger partial charge < -0.3 is 105 Å². The molecule has 3 aromatic rings. The summed E-state index contributed by atoms with van der Waals surface area (Å²) in [5, 5.41) is 68.9. The Bertz CT molecular complexity index is 5200. The molecule has 10 rings (SSSR count). The molecule has 5 heterocycles. The Morgan fingerprint density at radius 2 is 1.47 bits per heavy atom. The summed E-state index contributed by atoms with van der Waals surface area (Å²) in [5.41, 5.74) is 8.81. The number of Topliss-reactive ketones (excluding diaryl/α,β-unsaturated/α-hetero) is 5. The number of alkyl carbamates (subject to hydrolysis) is 1. The van der Waals surface area contributed by atoms with E-state index in [1.54, 1.807) is 65.0 Å². The number of benzene rings is 3. The Morgan fingerprint density at radius 3 is 2.14 bits per heavy atom. The van der Waals surface area contributed by atoms with Crippen LogP contribution in [0.4, 0.5) is 15.3 Å². The Kier molecular flexibility index (Phi) is 43.6. The second-order valence-electron chi connectivity index (χ2n) is 39.1. The number of hydrogen-bond acceptors (Lipinski definition) is 32. The standard InChI is InChI=1S/C103H138IN7O28S3/c1-56-46-80(131-55-67(56)47-57(2)112)137-92-87(121)85(110-139-81-52-75(116)93(63(8)133-81)141-96(125)82-59(4)84(104)90(60(5)89(82)129-14)138-97-88(122)91(130-15)86(120)62(7)135-97)61(6)134-98(92)136-77-32-22-16-17-24-40-103(128)53-76(117)70(48-58(3)113)83(77)71(103)39-45-140-142-102(12,13)41-38-69(114)31-27-43-107-100(127)132-54-65-34-36-68(37-35-65)108-94(123)66(30-26-42-106-99(105)126)50-74(115)73(49-64-28-20-18-21-29-64)109-78(118)33-23-19-25-44-111-79(119)51-72(95(111)124)101(9,10)11/h16-18,20-21,28-29,34-37,39,56,61-63,66-67,72-73,75,77,80-81,85-88,91-93,97-98,110,116,120-122,128H,19,23,25-27,30-31,33,38,41-55H2,1-15H3,(H,107,127)(H,108,123)(H,109,118)(H3,105,106,126)/b17-16-,71-39-/t56?,61?,62?,63?,66-,67?,72?,73+,75?,77+,80?,81?,85?,86?,87?,88?,91?,92?,93?,97?,98?,103+/m1/s1. The van der Waals surface area contributed by atoms with Crippen LogP contribution in [0.1, 0.15) is 218 Å². The molecule has 7 amide bonds. The number of amides is 7. The fourth-order valence-electron chi connectivity index (χ4n) is 18.2. The van der Waals surface area contributed by atoms with Crippen molar-refractivity contribution in [2.24, 2.45) is 34.8 Å². The fraction of sp³-hybridized carbons (Fsp3) is 0.612. The summed E-state index contributed by atoms with van der Waals surface area (Å²) in [7, 11) is 5.64. The number of ether oxygens (including phenoxy) is 10. The van der Waals surface area contributed by atoms with Crippen molar-refractivity contribution in [1.29, 1.82) is 0 Å². The predicted molar refractivity (Wildman–Crippen MR) is 539 cm³/mol. The first-order valence-corrected chi connectivity index (χ1v) is 52.6. The Balaban J connectivity index is 0.719. The third kappa shape index (κ3) is 32.2. The number of fused-ring (bicyclic) bond motifs is 2. The normalized spacial score (nSPS) is 27.7. The highest BCUT2D eigenvalue weighted by Crippen LogP contribution is 2.48. The van der Waals surface area contributed by atoms with Gasteiger partial charge in [0.25, 0.3) is 0 Å². The molecule has 2 aliphatic carbocycles. The smallest absolute Gasteiger partial charge is 0.407 e. The van der Waals surface area contributed by atoms with E-state index in [0.29, 0.717) is 64.5 Å². The van der Waals surface area contributed by atoms with Gasteiger partial charge in [-0.05, 0) is 188 Å². The van der Waals surface area contributed by atoms with E-state index in [4.69, 9.17) is 57.9 Å². The third-order valence-electron chi connectivity index (χ3n) is 26.4. The van der Waals surface area contributed by atoms with Crippen LogP contribution in [0, 0.1) is 70.2 Å². The van der Waals surface area contributed by atoms with Crippen molar-refractivity contribution in [1.82, 2.24) is 26.3 Å². The molecule has 35 nitrogen and oxygen atoms in total. The molecular formula is C103H138IN7O28S3. The molecule has 7 aliphatic rings. The van der Waals surface area contributed by atoms with Gasteiger partial charge in [-0.3, -0.25) is 52.9 Å². The van der Waals surface area contributed by atoms with Crippen molar-refractivity contribution in [3.63, 3.8) is 0 Å². The summed E-state index contributed by atoms with van der Waals surface area (Å²) >= 11 is 2.89. The number of imide groups is 1. The molecule has 0 saturated carbocycles. The minimum Gasteiger partial charge on any atom is -0.496 e. The molecule has 0 spiro atoms. The third-order valence-corrected chi connectivity index (χ3v) is 32.2. The molecule has 142 heavy (non-hydrogen) atoms. The second kappa shape index (κ2) is 53.7. The maximum Gasteiger partial charge on any atom is 0.407 e. The summed E-state index contributed by atoms with van der Waals surface area (Å²) in [6.45, 7) is 23.4. The molecule has 0 radical (unpaired) electrons. The van der Waals surface area contributed by atoms with Gasteiger partial charge in [0.2, 0.25) is 35.0 Å². The molecule has 2 bridgehead atoms. The van der Waals surface area contributed by atoms with E-state index in [-0.39, 0.29) is 207 Å². The Morgan fingerprint density at radius 1 is 0.761 bits per heavy atom. The van der Waals surface area contributed by atoms with Crippen LogP contribution in [-0.4, -0.2) is 260 Å². The number of ketones is 5. The zero-order valence-electron chi connectivity index (χ0n) is 83.3. The van der Waals surface area contributed by atoms with Crippen LogP contribution >= 0.6 is 55.9 Å². The van der Waals surface area contributed by atoms with Gasteiger partial charge in [-0.25, -0.2) is 9.59 Å². The molecular weight excluding hydrogens is 2010 g/mol. The number of carbonyl (C=O) groups is 12. The monoisotopic (exact) mass is 2140 g/mol. The highest BCUT2D eigenvalue weighted by Gasteiger charge is 2.53. The molecule has 22 atom stereocenters. The van der Waals surface area contributed by atoms with Gasteiger partial charge >= 0.3 is 12.1 Å². The quantitative estimate of drug-likeness (QED) is 0.00625. The van der Waals surface area contributed by atoms with Gasteiger partial charge in [0.1, 0.15) is 72.1 Å². The molecule has 0 aromatic heterocycles. The number of aliphatic hydroxyl groups excluding tert-OH is 4. The number of likely N-dealkylation sites (tertiary alicyclic amines) is 1. The number of hydroxylamine groups is 1. The van der Waals surface area contributed by atoms with Crippen molar-refractivity contribution in [3.05, 3.63) is 121 Å². The molecule has 5 fully saturated rings. The number of urea groups is 1. The van der Waals surface area contributed by atoms with Crippen LogP contribution in [0.15, 0.2) is 89.5 Å². The van der Waals surface area contributed by atoms with Gasteiger partial charge in [0.15, 0.2) is 36.0 Å². The number of nitrogens with zero attached hydrogens (tertiary/aromatic N) is 1. The first-order chi connectivity index (χ1) is 67.3. The van der Waals surface area contributed by atoms with Gasteiger partial charge in [-0.1, -0.05) is 140 Å². The number of unbranched alkanes of at least 4 members (excludes halogenated alkanes) is 2. The molecule has 12 N–H and O–H groups in total. The van der Waals surface area contributed by atoms with E-state index in [9.17, 15) is 83.1 Å². The first kappa shape index (κ1) is 115. The topological polar surface area (TPSA) is 497 Å². The number of allylic oxidation sites excluding steroid dienone is 3. The minimum atomic E-state index is -2.15. The van der Waals surface area contributed by atoms with E-state index >= 15 is 0 Å². The largest absolute Gasteiger partial charge is 0.496 e. The van der Waals surface area contributed by atoms with Gasteiger partial charge in [0, 0.05) is 129 Å².